The third kappa shape index (κ3) is 6.57. The zero-order chi connectivity index (χ0) is 17.9. The Morgan fingerprint density at radius 3 is 2.54 bits per heavy atom. The lowest BCUT2D eigenvalue weighted by atomic mass is 9.90. The molecule has 1 unspecified atom stereocenters. The van der Waals surface area contributed by atoms with Gasteiger partial charge in [0.05, 0.1) is 25.2 Å². The van der Waals surface area contributed by atoms with E-state index in [-0.39, 0.29) is 12.3 Å². The minimum absolute atomic E-state index is 0.0563. The highest BCUT2D eigenvalue weighted by Crippen LogP contribution is 2.39. The summed E-state index contributed by atoms with van der Waals surface area (Å²) in [5, 5.41) is 9.66. The number of hydrogen-bond acceptors (Lipinski definition) is 4. The van der Waals surface area contributed by atoms with Crippen molar-refractivity contribution in [1.29, 1.82) is 0 Å². The van der Waals surface area contributed by atoms with Crippen LogP contribution in [0.3, 0.4) is 0 Å². The molecule has 0 saturated heterocycles. The maximum atomic E-state index is 11.2. The minimum Gasteiger partial charge on any atom is -0.496 e. The van der Waals surface area contributed by atoms with E-state index in [2.05, 4.69) is 6.92 Å². The predicted octanol–water partition coefficient (Wildman–Crippen LogP) is 4.51. The van der Waals surface area contributed by atoms with Gasteiger partial charge in [0.2, 0.25) is 0 Å². The van der Waals surface area contributed by atoms with Crippen LogP contribution in [0.1, 0.15) is 50.5 Å². The fraction of sp³-hybridized carbons (Fsp3) is 0.611. The van der Waals surface area contributed by atoms with Crippen molar-refractivity contribution >= 4 is 17.6 Å². The molecule has 1 aromatic rings. The summed E-state index contributed by atoms with van der Waals surface area (Å²) in [6.45, 7) is 3.19. The maximum absolute atomic E-state index is 11.2. The second kappa shape index (κ2) is 11.2. The van der Waals surface area contributed by atoms with Crippen molar-refractivity contribution in [2.24, 2.45) is 0 Å². The van der Waals surface area contributed by atoms with Gasteiger partial charge in [-0.3, -0.25) is 4.79 Å². The van der Waals surface area contributed by atoms with Crippen LogP contribution in [0.4, 0.5) is 0 Å². The van der Waals surface area contributed by atoms with Crippen LogP contribution < -0.4 is 9.47 Å². The lowest BCUT2D eigenvalue weighted by Gasteiger charge is -2.20. The van der Waals surface area contributed by atoms with E-state index in [1.165, 1.54) is 0 Å². The number of ether oxygens (including phenoxy) is 3. The van der Waals surface area contributed by atoms with E-state index in [1.807, 2.05) is 0 Å². The molecule has 1 atom stereocenters. The Morgan fingerprint density at radius 1 is 1.21 bits per heavy atom. The van der Waals surface area contributed by atoms with Crippen LogP contribution in [-0.4, -0.2) is 38.5 Å². The van der Waals surface area contributed by atoms with Gasteiger partial charge in [-0.2, -0.15) is 0 Å². The molecule has 0 heterocycles. The molecule has 24 heavy (non-hydrogen) atoms. The van der Waals surface area contributed by atoms with E-state index >= 15 is 0 Å². The van der Waals surface area contributed by atoms with Crippen LogP contribution in [0.5, 0.6) is 11.5 Å². The first-order valence-corrected chi connectivity index (χ1v) is 8.62. The van der Waals surface area contributed by atoms with E-state index in [0.717, 1.165) is 31.2 Å². The maximum Gasteiger partial charge on any atom is 0.303 e. The molecule has 6 heteroatoms. The van der Waals surface area contributed by atoms with Gasteiger partial charge in [0.25, 0.3) is 0 Å². The van der Waals surface area contributed by atoms with E-state index in [0.29, 0.717) is 29.7 Å². The topological polar surface area (TPSA) is 65.0 Å². The molecule has 1 N–H and O–H groups in total. The van der Waals surface area contributed by atoms with Gasteiger partial charge in [0, 0.05) is 26.2 Å². The van der Waals surface area contributed by atoms with E-state index < -0.39 is 5.97 Å². The van der Waals surface area contributed by atoms with Gasteiger partial charge in [-0.1, -0.05) is 31.4 Å². The standard InChI is InChI=1S/C18H27ClO5/c1-4-5-7-13(10-18(20)21)14-11-15(19)17(12-16(14)23-3)24-9-6-8-22-2/h11-13H,4-10H2,1-3H3,(H,20,21). The van der Waals surface area contributed by atoms with Gasteiger partial charge in [-0.25, -0.2) is 0 Å². The molecule has 0 aliphatic carbocycles. The molecule has 0 bridgehead atoms. The molecule has 0 aliphatic rings. The second-order valence-corrected chi connectivity index (χ2v) is 6.06. The number of carbonyl (C=O) groups is 1. The number of hydrogen-bond donors (Lipinski definition) is 1. The quantitative estimate of drug-likeness (QED) is 0.557. The molecule has 1 rings (SSSR count). The highest BCUT2D eigenvalue weighted by atomic mass is 35.5. The zero-order valence-electron chi connectivity index (χ0n) is 14.6. The largest absolute Gasteiger partial charge is 0.496 e. The monoisotopic (exact) mass is 358 g/mol. The van der Waals surface area contributed by atoms with Gasteiger partial charge >= 0.3 is 5.97 Å². The van der Waals surface area contributed by atoms with Crippen molar-refractivity contribution in [1.82, 2.24) is 0 Å². The fourth-order valence-electron chi connectivity index (χ4n) is 2.57. The number of halogens is 1. The van der Waals surface area contributed by atoms with Crippen LogP contribution in [0.15, 0.2) is 12.1 Å². The Morgan fingerprint density at radius 2 is 1.96 bits per heavy atom. The van der Waals surface area contributed by atoms with Crippen LogP contribution in [0.2, 0.25) is 5.02 Å². The Hall–Kier alpha value is -1.46. The molecule has 136 valence electrons. The average molecular weight is 359 g/mol. The number of aliphatic carboxylic acids is 1. The summed E-state index contributed by atoms with van der Waals surface area (Å²) in [6, 6.07) is 3.51. The third-order valence-corrected chi connectivity index (χ3v) is 4.10. The highest BCUT2D eigenvalue weighted by molar-refractivity contribution is 6.32. The van der Waals surface area contributed by atoms with Crippen molar-refractivity contribution in [3.05, 3.63) is 22.7 Å². The normalized spacial score (nSPS) is 12.0. The van der Waals surface area contributed by atoms with Gasteiger partial charge in [0.15, 0.2) is 0 Å². The Kier molecular flexibility index (Phi) is 9.57. The van der Waals surface area contributed by atoms with E-state index in [9.17, 15) is 9.90 Å². The number of rotatable bonds is 12. The van der Waals surface area contributed by atoms with E-state index in [4.69, 9.17) is 25.8 Å². The Labute approximate surface area is 148 Å². The van der Waals surface area contributed by atoms with Crippen molar-refractivity contribution in [2.45, 2.75) is 44.9 Å². The molecule has 0 saturated carbocycles. The number of unbranched alkanes of at least 4 members (excludes halogenated alkanes) is 1. The molecule has 0 aromatic heterocycles. The van der Waals surface area contributed by atoms with Crippen LogP contribution in [-0.2, 0) is 9.53 Å². The molecular weight excluding hydrogens is 332 g/mol. The number of carboxylic acid groups (broad SMARTS) is 1. The first-order valence-electron chi connectivity index (χ1n) is 8.24. The van der Waals surface area contributed by atoms with Gasteiger partial charge in [-0.05, 0) is 24.0 Å². The lowest BCUT2D eigenvalue weighted by Crippen LogP contribution is -2.09. The molecule has 0 radical (unpaired) electrons. The predicted molar refractivity (Wildman–Crippen MR) is 94.5 cm³/mol. The van der Waals surface area contributed by atoms with Gasteiger partial charge in [0.1, 0.15) is 11.5 Å². The molecule has 0 spiro atoms. The summed E-state index contributed by atoms with van der Waals surface area (Å²) in [5.41, 5.74) is 0.822. The van der Waals surface area contributed by atoms with Crippen molar-refractivity contribution < 1.29 is 24.1 Å². The molecule has 0 fully saturated rings. The molecule has 5 nitrogen and oxygen atoms in total. The first kappa shape index (κ1) is 20.6. The second-order valence-electron chi connectivity index (χ2n) is 5.66. The smallest absolute Gasteiger partial charge is 0.303 e. The zero-order valence-corrected chi connectivity index (χ0v) is 15.4. The van der Waals surface area contributed by atoms with Gasteiger partial charge in [-0.15, -0.1) is 0 Å². The van der Waals surface area contributed by atoms with Crippen molar-refractivity contribution in [2.75, 3.05) is 27.4 Å². The third-order valence-electron chi connectivity index (χ3n) is 3.80. The number of carboxylic acids is 1. The summed E-state index contributed by atoms with van der Waals surface area (Å²) >= 11 is 6.33. The van der Waals surface area contributed by atoms with E-state index in [1.54, 1.807) is 26.4 Å². The summed E-state index contributed by atoms with van der Waals surface area (Å²) in [7, 11) is 3.21. The average Bonchev–Trinajstić information content (AvgIpc) is 2.56. The Balaban J connectivity index is 2.99. The Bertz CT molecular complexity index is 518. The lowest BCUT2D eigenvalue weighted by molar-refractivity contribution is -0.137. The molecule has 0 aliphatic heterocycles. The van der Waals surface area contributed by atoms with Crippen LogP contribution >= 0.6 is 11.6 Å². The summed E-state index contributed by atoms with van der Waals surface area (Å²) in [4.78, 5) is 11.2. The fourth-order valence-corrected chi connectivity index (χ4v) is 2.80. The molecular formula is C18H27ClO5. The highest BCUT2D eigenvalue weighted by Gasteiger charge is 2.21. The SMILES string of the molecule is CCCCC(CC(=O)O)c1cc(Cl)c(OCCCOC)cc1OC. The molecule has 0 amide bonds. The van der Waals surface area contributed by atoms with Gasteiger partial charge < -0.3 is 19.3 Å². The molecule has 1 aromatic carbocycles. The summed E-state index contributed by atoms with van der Waals surface area (Å²) in [5.74, 6) is 0.202. The number of methoxy groups -OCH3 is 2. The van der Waals surface area contributed by atoms with Crippen molar-refractivity contribution in [3.63, 3.8) is 0 Å². The first-order chi connectivity index (χ1) is 11.5. The number of benzene rings is 1. The van der Waals surface area contributed by atoms with Crippen molar-refractivity contribution in [3.8, 4) is 11.5 Å². The summed E-state index contributed by atoms with van der Waals surface area (Å²) in [6.07, 6.45) is 3.56. The van der Waals surface area contributed by atoms with Crippen LogP contribution in [0.25, 0.3) is 0 Å². The van der Waals surface area contributed by atoms with Crippen LogP contribution in [0, 0.1) is 0 Å². The summed E-state index contributed by atoms with van der Waals surface area (Å²) < 4.78 is 16.1. The minimum atomic E-state index is -0.825.